The zero-order valence-corrected chi connectivity index (χ0v) is 7.41. The lowest BCUT2D eigenvalue weighted by molar-refractivity contribution is 0.563. The Kier molecular flexibility index (Phi) is 80.6. The van der Waals surface area contributed by atoms with E-state index in [-0.39, 0.29) is 0 Å². The van der Waals surface area contributed by atoms with Crippen LogP contribution in [0.1, 0.15) is 0 Å². The molecule has 0 aromatic rings. The van der Waals surface area contributed by atoms with Crippen molar-refractivity contribution in [2.75, 3.05) is 0 Å². The van der Waals surface area contributed by atoms with Gasteiger partial charge in [-0.25, -0.2) is 10.2 Å². The van der Waals surface area contributed by atoms with Crippen LogP contribution in [0.3, 0.4) is 0 Å². The van der Waals surface area contributed by atoms with E-state index in [4.69, 9.17) is 10.2 Å². The predicted octanol–water partition coefficient (Wildman–Crippen LogP) is -2.47. The molecule has 0 aliphatic carbocycles. The number of hydrogen-bond acceptors (Lipinski definition) is 2. The third-order valence-electron chi connectivity index (χ3n) is 0. The molecule has 0 radical (unpaired) electrons. The van der Waals surface area contributed by atoms with E-state index in [1.165, 1.54) is 19.5 Å². The Morgan fingerprint density at radius 1 is 1.60 bits per heavy atom. The number of isocyanates is 1. The highest BCUT2D eigenvalue weighted by Gasteiger charge is 1.03. The molecule has 0 saturated heterocycles. The van der Waals surface area contributed by atoms with E-state index < -0.39 is 0 Å². The van der Waals surface area contributed by atoms with Crippen molar-refractivity contribution in [3.05, 3.63) is 0 Å². The number of nitrogens with one attached hydrogen (secondary N) is 1. The van der Waals surface area contributed by atoms with Gasteiger partial charge in [-0.3, -0.25) is 0 Å². The lowest BCUT2D eigenvalue weighted by atomic mass is 11.7. The number of rotatable bonds is 0. The van der Waals surface area contributed by atoms with E-state index in [9.17, 15) is 0 Å². The number of hydrogen-bond donors (Lipinski definition) is 1. The van der Waals surface area contributed by atoms with Gasteiger partial charge in [-0.05, 0) is 19.5 Å². The van der Waals surface area contributed by atoms with Crippen LogP contribution < -0.4 is 0 Å². The van der Waals surface area contributed by atoms with Gasteiger partial charge in [-0.15, -0.1) is 0 Å². The summed E-state index contributed by atoms with van der Waals surface area (Å²) in [7, 11) is 2.89. The van der Waals surface area contributed by atoms with Gasteiger partial charge in [0.1, 0.15) is 0 Å². The van der Waals surface area contributed by atoms with E-state index >= 15 is 0 Å². The molecule has 0 aromatic heterocycles. The first-order chi connectivity index (χ1) is 2.41. The average Bonchev–Trinajstić information content (AvgIpc) is 1.46. The Hall–Kier alpha value is -0.186. The van der Waals surface area contributed by atoms with Crippen LogP contribution in [0.5, 0.6) is 0 Å². The van der Waals surface area contributed by atoms with Crippen molar-refractivity contribution in [1.29, 1.82) is 5.41 Å². The first-order valence-electron chi connectivity index (χ1n) is 1.45. The summed E-state index contributed by atoms with van der Waals surface area (Å²) < 4.78 is 0. The molecule has 0 amide bonds. The minimum absolute atomic E-state index is 0.750. The molecule has 0 bridgehead atoms. The lowest BCUT2D eigenvalue weighted by Gasteiger charge is -1.02. The molecule has 0 aliphatic heterocycles. The largest absolute Gasteiger partial charge is 0.231 e. The van der Waals surface area contributed by atoms with Gasteiger partial charge in [0.15, 0.2) is 0 Å². The first kappa shape index (κ1) is 8.84. The van der Waals surface area contributed by atoms with E-state index in [1.54, 1.807) is 0 Å². The molecule has 0 aromatic carbocycles. The van der Waals surface area contributed by atoms with Crippen LogP contribution >= 0.6 is 0 Å². The van der Waals surface area contributed by atoms with Crippen LogP contribution in [-0.4, -0.2) is 25.6 Å². The van der Waals surface area contributed by atoms with Gasteiger partial charge >= 0.3 is 0 Å². The topological polar surface area (TPSA) is 40.9 Å². The van der Waals surface area contributed by atoms with Crippen LogP contribution in [0.25, 0.3) is 0 Å². The Morgan fingerprint density at radius 2 is 1.60 bits per heavy atom. The average molecular weight is 105 g/mol. The summed E-state index contributed by atoms with van der Waals surface area (Å²) in [6.45, 7) is 0. The normalized spacial score (nSPS) is 4.00. The summed E-state index contributed by atoms with van der Waals surface area (Å²) in [4.78, 5) is 8.35. The Balaban J connectivity index is 0. The highest BCUT2D eigenvalue weighted by atomic mass is 29.1. The molecule has 0 atom stereocenters. The molecule has 0 fully saturated rings. The molecule has 0 heterocycles. The van der Waals surface area contributed by atoms with Crippen LogP contribution in [0.2, 0.25) is 0 Å². The van der Waals surface area contributed by atoms with Crippen LogP contribution in [0.4, 0.5) is 0 Å². The summed E-state index contributed by atoms with van der Waals surface area (Å²) in [6.07, 6.45) is 0.750. The fourth-order valence-electron chi connectivity index (χ4n) is 0. The second kappa shape index (κ2) is 45.6. The minimum Gasteiger partial charge on any atom is -0.222 e. The van der Waals surface area contributed by atoms with Crippen molar-refractivity contribution < 1.29 is 4.79 Å². The smallest absolute Gasteiger partial charge is 0.222 e. The molecule has 0 rings (SSSR count). The molecular formula is CH7NOSi2. The summed E-state index contributed by atoms with van der Waals surface area (Å²) in [6, 6.07) is 0. The molecule has 0 spiro atoms. The van der Waals surface area contributed by atoms with Gasteiger partial charge in [0, 0.05) is 0 Å². The van der Waals surface area contributed by atoms with Gasteiger partial charge in [-0.2, -0.15) is 0 Å². The predicted molar refractivity (Wildman–Crippen MR) is 28.3 cm³/mol. The van der Waals surface area contributed by atoms with Crippen LogP contribution in [0, 0.1) is 5.41 Å². The van der Waals surface area contributed by atoms with E-state index in [2.05, 4.69) is 0 Å². The third-order valence-corrected chi connectivity index (χ3v) is 0. The Morgan fingerprint density at radius 3 is 1.60 bits per heavy atom. The summed E-state index contributed by atoms with van der Waals surface area (Å²) in [5, 5.41) is 5.40. The molecule has 5 heavy (non-hydrogen) atoms. The second-order valence-corrected chi connectivity index (χ2v) is 0.102. The molecule has 0 aliphatic rings. The summed E-state index contributed by atoms with van der Waals surface area (Å²) >= 11 is 0. The van der Waals surface area contributed by atoms with E-state index in [0.717, 1.165) is 6.08 Å². The van der Waals surface area contributed by atoms with Crippen molar-refractivity contribution in [3.63, 3.8) is 0 Å². The lowest BCUT2D eigenvalue weighted by Crippen LogP contribution is -1.38. The van der Waals surface area contributed by atoms with Gasteiger partial charge in [0.05, 0.1) is 0 Å². The van der Waals surface area contributed by atoms with Crippen molar-refractivity contribution in [3.8, 4) is 0 Å². The zero-order valence-electron chi connectivity index (χ0n) is 3.41. The zero-order chi connectivity index (χ0) is 4.71. The van der Waals surface area contributed by atoms with Crippen LogP contribution in [0.15, 0.2) is 0 Å². The standard InChI is InChI=1S/CHNO.H6Si2/c2-1-3;1-2/h2H;1-2H3. The maximum absolute atomic E-state index is 8.35. The van der Waals surface area contributed by atoms with E-state index in [0.29, 0.717) is 0 Å². The van der Waals surface area contributed by atoms with Gasteiger partial charge in [0.2, 0.25) is 6.08 Å². The van der Waals surface area contributed by atoms with Crippen molar-refractivity contribution in [2.24, 2.45) is 0 Å². The summed E-state index contributed by atoms with van der Waals surface area (Å²) in [5.41, 5.74) is 0. The Bertz CT molecular complexity index is 30.6. The monoisotopic (exact) mass is 105 g/mol. The SMILES string of the molecule is N=C=O.[SiH3][SiH3]. The van der Waals surface area contributed by atoms with Crippen molar-refractivity contribution in [2.45, 2.75) is 0 Å². The molecule has 0 saturated carbocycles. The summed E-state index contributed by atoms with van der Waals surface area (Å²) in [5.74, 6) is 0. The quantitative estimate of drug-likeness (QED) is 0.207. The maximum Gasteiger partial charge on any atom is 0.231 e. The van der Waals surface area contributed by atoms with Gasteiger partial charge in [-0.1, -0.05) is 0 Å². The molecule has 4 heteroatoms. The van der Waals surface area contributed by atoms with Gasteiger partial charge in [0.25, 0.3) is 0 Å². The molecule has 2 nitrogen and oxygen atoms in total. The second-order valence-electron chi connectivity index (χ2n) is 0.102. The van der Waals surface area contributed by atoms with Crippen molar-refractivity contribution in [1.82, 2.24) is 0 Å². The molecular weight excluding hydrogens is 98.2 g/mol. The number of carbonyl (C=O) groups excluding carboxylic acids is 1. The van der Waals surface area contributed by atoms with Gasteiger partial charge < -0.3 is 0 Å². The van der Waals surface area contributed by atoms with E-state index in [1.807, 2.05) is 0 Å². The fourth-order valence-corrected chi connectivity index (χ4v) is 0. The molecule has 0 unspecified atom stereocenters. The highest BCUT2D eigenvalue weighted by Crippen LogP contribution is 0.868. The maximum atomic E-state index is 8.35. The molecule has 30 valence electrons. The minimum atomic E-state index is 0.750. The van der Waals surface area contributed by atoms with Crippen LogP contribution in [-0.2, 0) is 4.79 Å². The first-order valence-corrected chi connectivity index (χ1v) is 9.45. The Labute approximate surface area is 36.7 Å². The van der Waals surface area contributed by atoms with Crippen molar-refractivity contribution >= 4 is 25.6 Å². The molecule has 1 N–H and O–H groups in total. The fraction of sp³-hybridized carbons (Fsp3) is 0. The third kappa shape index (κ3) is 362. The highest BCUT2D eigenvalue weighted by molar-refractivity contribution is 6.75.